The molecule has 0 saturated heterocycles. The molecule has 4 heterocycles. The van der Waals surface area contributed by atoms with E-state index in [0.29, 0.717) is 13.1 Å². The Bertz CT molecular complexity index is 686. The Labute approximate surface area is 217 Å². The molecule has 4 aliphatic rings. The Balaban J connectivity index is 1.54. The number of hydrogen-bond acceptors (Lipinski definition) is 8. The highest BCUT2D eigenvalue weighted by Crippen LogP contribution is 2.05. The van der Waals surface area contributed by atoms with E-state index in [1.165, 1.54) is 22.3 Å². The zero-order chi connectivity index (χ0) is 25.3. The van der Waals surface area contributed by atoms with Gasteiger partial charge in [-0.15, -0.1) is 0 Å². The SMILES string of the molecule is OCCN1CCNCc2ccc(cc2)CNCCN(CCO)CCNCc2ccc(cc2)CNCC1. The maximum Gasteiger partial charge on any atom is 0.0558 e. The fraction of sp³-hybridized carbons (Fsp3) is 0.571. The highest BCUT2D eigenvalue weighted by molar-refractivity contribution is 5.23. The van der Waals surface area contributed by atoms with E-state index in [2.05, 4.69) is 79.6 Å². The van der Waals surface area contributed by atoms with E-state index >= 15 is 0 Å². The Hall–Kier alpha value is -1.88. The largest absolute Gasteiger partial charge is 0.395 e. The van der Waals surface area contributed by atoms with Crippen molar-refractivity contribution in [3.8, 4) is 0 Å². The van der Waals surface area contributed by atoms with E-state index in [1.54, 1.807) is 0 Å². The molecule has 0 atom stereocenters. The third-order valence-corrected chi connectivity index (χ3v) is 6.61. The topological polar surface area (TPSA) is 95.1 Å². The quantitative estimate of drug-likeness (QED) is 0.360. The third-order valence-electron chi connectivity index (χ3n) is 6.61. The molecule has 4 aliphatic heterocycles. The van der Waals surface area contributed by atoms with Crippen LogP contribution in [0.25, 0.3) is 0 Å². The Morgan fingerprint density at radius 1 is 0.472 bits per heavy atom. The molecule has 2 aromatic carbocycles. The van der Waals surface area contributed by atoms with Gasteiger partial charge in [0.15, 0.2) is 0 Å². The van der Waals surface area contributed by atoms with Crippen LogP contribution >= 0.6 is 0 Å². The molecule has 0 aromatic heterocycles. The summed E-state index contributed by atoms with van der Waals surface area (Å²) in [7, 11) is 0. The van der Waals surface area contributed by atoms with Crippen molar-refractivity contribution in [3.63, 3.8) is 0 Å². The zero-order valence-electron chi connectivity index (χ0n) is 21.7. The lowest BCUT2D eigenvalue weighted by molar-refractivity contribution is 0.196. The monoisotopic (exact) mass is 498 g/mol. The van der Waals surface area contributed by atoms with Crippen LogP contribution in [0.5, 0.6) is 0 Å². The average Bonchev–Trinajstić information content (AvgIpc) is 2.90. The van der Waals surface area contributed by atoms with Crippen LogP contribution in [0.15, 0.2) is 48.5 Å². The number of benzene rings is 2. The minimum absolute atomic E-state index is 0.185. The van der Waals surface area contributed by atoms with E-state index in [1.807, 2.05) is 0 Å². The van der Waals surface area contributed by atoms with Gasteiger partial charge in [-0.25, -0.2) is 0 Å². The standard InChI is InChI=1S/C28H46N6O2/c35-19-17-33-13-9-29-21-25-1-2-26(4-3-25)22-30-10-14-34(18-20-36)16-12-32-24-28-7-5-27(6-8-28)23-31-11-15-33/h1-8,29-32,35-36H,9-24H2. The summed E-state index contributed by atoms with van der Waals surface area (Å²) in [5.74, 6) is 0. The molecule has 200 valence electrons. The van der Waals surface area contributed by atoms with Crippen LogP contribution in [0.3, 0.4) is 0 Å². The maximum atomic E-state index is 9.43. The zero-order valence-corrected chi connectivity index (χ0v) is 21.7. The van der Waals surface area contributed by atoms with Crippen LogP contribution in [-0.4, -0.2) is 98.7 Å². The van der Waals surface area contributed by atoms with Gasteiger partial charge in [0.05, 0.1) is 13.2 Å². The van der Waals surface area contributed by atoms with Gasteiger partial charge in [-0.2, -0.15) is 0 Å². The first kappa shape index (κ1) is 28.7. The van der Waals surface area contributed by atoms with Crippen molar-refractivity contribution in [3.05, 3.63) is 70.8 Å². The first-order valence-corrected chi connectivity index (χ1v) is 13.4. The summed E-state index contributed by atoms with van der Waals surface area (Å²) in [6.07, 6.45) is 0. The van der Waals surface area contributed by atoms with Crippen molar-refractivity contribution in [1.29, 1.82) is 0 Å². The number of aliphatic hydroxyl groups excluding tert-OH is 2. The number of hydrogen-bond donors (Lipinski definition) is 6. The second-order valence-electron chi connectivity index (χ2n) is 9.47. The number of rotatable bonds is 4. The van der Waals surface area contributed by atoms with Gasteiger partial charge >= 0.3 is 0 Å². The molecule has 0 amide bonds. The van der Waals surface area contributed by atoms with Gasteiger partial charge in [-0.1, -0.05) is 48.5 Å². The highest BCUT2D eigenvalue weighted by atomic mass is 16.3. The molecule has 0 spiro atoms. The van der Waals surface area contributed by atoms with Gasteiger partial charge in [0.2, 0.25) is 0 Å². The molecule has 0 radical (unpaired) electrons. The lowest BCUT2D eigenvalue weighted by atomic mass is 10.1. The van der Waals surface area contributed by atoms with Gasteiger partial charge in [-0.3, -0.25) is 9.80 Å². The first-order valence-electron chi connectivity index (χ1n) is 13.4. The first-order chi connectivity index (χ1) is 17.8. The second kappa shape index (κ2) is 17.6. The van der Waals surface area contributed by atoms with E-state index in [0.717, 1.165) is 78.5 Å². The van der Waals surface area contributed by atoms with E-state index in [4.69, 9.17) is 0 Å². The summed E-state index contributed by atoms with van der Waals surface area (Å²) in [5, 5.41) is 33.0. The fourth-order valence-corrected chi connectivity index (χ4v) is 4.38. The fourth-order valence-electron chi connectivity index (χ4n) is 4.38. The Kier molecular flexibility index (Phi) is 14.0. The Morgan fingerprint density at radius 3 is 0.944 bits per heavy atom. The van der Waals surface area contributed by atoms with Crippen LogP contribution in [0.2, 0.25) is 0 Å². The Morgan fingerprint density at radius 2 is 0.722 bits per heavy atom. The van der Waals surface area contributed by atoms with E-state index in [-0.39, 0.29) is 13.2 Å². The summed E-state index contributed by atoms with van der Waals surface area (Å²) >= 11 is 0. The molecular weight excluding hydrogens is 452 g/mol. The van der Waals surface area contributed by atoms with Crippen molar-refractivity contribution < 1.29 is 10.2 Å². The smallest absolute Gasteiger partial charge is 0.0558 e. The molecule has 0 aliphatic carbocycles. The van der Waals surface area contributed by atoms with Crippen molar-refractivity contribution in [2.45, 2.75) is 26.2 Å². The van der Waals surface area contributed by atoms with Crippen LogP contribution in [-0.2, 0) is 26.2 Å². The molecule has 36 heavy (non-hydrogen) atoms. The van der Waals surface area contributed by atoms with Gasteiger partial charge in [0.1, 0.15) is 0 Å². The second-order valence-corrected chi connectivity index (χ2v) is 9.47. The molecule has 0 fully saturated rings. The van der Waals surface area contributed by atoms with Crippen molar-refractivity contribution in [2.75, 3.05) is 78.7 Å². The number of nitrogens with zero attached hydrogens (tertiary/aromatic N) is 2. The molecule has 0 saturated carbocycles. The van der Waals surface area contributed by atoms with Crippen LogP contribution in [0.1, 0.15) is 22.3 Å². The molecule has 4 bridgehead atoms. The molecule has 2 aromatic rings. The summed E-state index contributed by atoms with van der Waals surface area (Å²) in [6.45, 7) is 12.4. The average molecular weight is 499 g/mol. The third kappa shape index (κ3) is 11.5. The van der Waals surface area contributed by atoms with Gasteiger partial charge in [-0.05, 0) is 22.3 Å². The summed E-state index contributed by atoms with van der Waals surface area (Å²) in [5.41, 5.74) is 5.12. The number of aliphatic hydroxyl groups is 2. The normalized spacial score (nSPS) is 18.9. The summed E-state index contributed by atoms with van der Waals surface area (Å²) in [4.78, 5) is 4.60. The van der Waals surface area contributed by atoms with Gasteiger partial charge < -0.3 is 31.5 Å². The molecule has 8 nitrogen and oxygen atoms in total. The van der Waals surface area contributed by atoms with Crippen molar-refractivity contribution in [2.24, 2.45) is 0 Å². The maximum absolute atomic E-state index is 9.43. The van der Waals surface area contributed by atoms with E-state index in [9.17, 15) is 10.2 Å². The van der Waals surface area contributed by atoms with Crippen molar-refractivity contribution in [1.82, 2.24) is 31.1 Å². The van der Waals surface area contributed by atoms with Crippen LogP contribution in [0, 0.1) is 0 Å². The minimum atomic E-state index is 0.185. The highest BCUT2D eigenvalue weighted by Gasteiger charge is 2.06. The molecule has 0 unspecified atom stereocenters. The van der Waals surface area contributed by atoms with Gasteiger partial charge in [0, 0.05) is 91.6 Å². The minimum Gasteiger partial charge on any atom is -0.395 e. The van der Waals surface area contributed by atoms with E-state index < -0.39 is 0 Å². The number of nitrogens with one attached hydrogen (secondary N) is 4. The summed E-state index contributed by atoms with van der Waals surface area (Å²) in [6, 6.07) is 17.6. The summed E-state index contributed by atoms with van der Waals surface area (Å²) < 4.78 is 0. The predicted octanol–water partition coefficient (Wildman–Crippen LogP) is 0.347. The lowest BCUT2D eigenvalue weighted by Crippen LogP contribution is -2.38. The lowest BCUT2D eigenvalue weighted by Gasteiger charge is -2.22. The van der Waals surface area contributed by atoms with Crippen molar-refractivity contribution >= 4 is 0 Å². The predicted molar refractivity (Wildman–Crippen MR) is 147 cm³/mol. The van der Waals surface area contributed by atoms with Gasteiger partial charge in [0.25, 0.3) is 0 Å². The molecule has 8 heteroatoms. The molecular formula is C28H46N6O2. The van der Waals surface area contributed by atoms with Crippen LogP contribution in [0.4, 0.5) is 0 Å². The van der Waals surface area contributed by atoms with Crippen LogP contribution < -0.4 is 21.3 Å². The molecule has 6 rings (SSSR count). The molecule has 6 N–H and O–H groups in total.